The smallest absolute Gasteiger partial charge is 0.284 e. The van der Waals surface area contributed by atoms with Gasteiger partial charge in [-0.25, -0.2) is 13.8 Å². The first-order valence-electron chi connectivity index (χ1n) is 2.95. The Bertz CT molecular complexity index is 306. The molecular weight excluding hydrogens is 234 g/mol. The summed E-state index contributed by atoms with van der Waals surface area (Å²) in [5.41, 5.74) is 4.53. The number of hydrogen-bond donors (Lipinski definition) is 2. The van der Waals surface area contributed by atoms with Crippen LogP contribution in [0, 0.1) is 0 Å². The minimum absolute atomic E-state index is 0.0666. The lowest BCUT2D eigenvalue weighted by Crippen LogP contribution is -1.97. The van der Waals surface area contributed by atoms with Crippen LogP contribution in [-0.2, 0) is 0 Å². The lowest BCUT2D eigenvalue weighted by molar-refractivity contribution is 0.142. The second kappa shape index (κ2) is 3.22. The molecule has 0 radical (unpaired) electrons. The van der Waals surface area contributed by atoms with Crippen molar-refractivity contribution in [3.63, 3.8) is 0 Å². The van der Waals surface area contributed by atoms with Gasteiger partial charge in [0.05, 0.1) is 4.47 Å². The molecule has 0 atom stereocenters. The van der Waals surface area contributed by atoms with Gasteiger partial charge in [-0.3, -0.25) is 0 Å². The Labute approximate surface area is 75.3 Å². The van der Waals surface area contributed by atoms with Crippen molar-refractivity contribution in [2.24, 2.45) is 0 Å². The number of aromatic nitrogens is 1. The van der Waals surface area contributed by atoms with Crippen LogP contribution in [0.2, 0.25) is 0 Å². The number of rotatable bonds is 1. The lowest BCUT2D eigenvalue weighted by atomic mass is 10.3. The minimum atomic E-state index is -2.82. The van der Waals surface area contributed by atoms with Gasteiger partial charge in [0.15, 0.2) is 5.69 Å². The van der Waals surface area contributed by atoms with Gasteiger partial charge in [-0.1, -0.05) is 0 Å². The Morgan fingerprint density at radius 1 is 1.58 bits per heavy atom. The highest BCUT2D eigenvalue weighted by Gasteiger charge is 2.16. The Balaban J connectivity index is 3.23. The number of pyridine rings is 1. The molecule has 1 heterocycles. The largest absolute Gasteiger partial charge is 0.506 e. The summed E-state index contributed by atoms with van der Waals surface area (Å²) in [6, 6.07) is 1.09. The molecule has 0 bridgehead atoms. The summed E-state index contributed by atoms with van der Waals surface area (Å²) in [5.74, 6) is -0.630. The van der Waals surface area contributed by atoms with Crippen LogP contribution >= 0.6 is 15.9 Å². The maximum atomic E-state index is 12.0. The molecule has 0 amide bonds. The topological polar surface area (TPSA) is 59.1 Å². The van der Waals surface area contributed by atoms with Gasteiger partial charge in [0, 0.05) is 0 Å². The first-order chi connectivity index (χ1) is 5.52. The van der Waals surface area contributed by atoms with Crippen LogP contribution < -0.4 is 5.73 Å². The van der Waals surface area contributed by atoms with Crippen molar-refractivity contribution in [3.8, 4) is 5.75 Å². The molecule has 0 unspecified atom stereocenters. The van der Waals surface area contributed by atoms with Crippen molar-refractivity contribution in [2.45, 2.75) is 6.43 Å². The summed E-state index contributed by atoms with van der Waals surface area (Å²) in [5, 5.41) is 8.96. The highest BCUT2D eigenvalue weighted by Crippen LogP contribution is 2.31. The van der Waals surface area contributed by atoms with Crippen LogP contribution in [0.4, 0.5) is 14.6 Å². The van der Waals surface area contributed by atoms with Gasteiger partial charge >= 0.3 is 0 Å². The van der Waals surface area contributed by atoms with Crippen LogP contribution in [0.3, 0.4) is 0 Å². The molecule has 0 aromatic carbocycles. The zero-order valence-electron chi connectivity index (χ0n) is 5.76. The maximum Gasteiger partial charge on any atom is 0.284 e. The van der Waals surface area contributed by atoms with Crippen LogP contribution in [0.5, 0.6) is 5.75 Å². The molecular formula is C6H5BrF2N2O. The third-order valence-electron chi connectivity index (χ3n) is 1.22. The Kier molecular flexibility index (Phi) is 2.46. The standard InChI is InChI=1S/C6H5BrF2N2O/c7-2-1-3(12)4(5(8)9)11-6(2)10/h1,5,12H,(H2,10,11). The second-order valence-corrected chi connectivity index (χ2v) is 2.91. The molecule has 0 saturated heterocycles. The molecule has 66 valence electrons. The predicted octanol–water partition coefficient (Wildman–Crippen LogP) is 2.07. The van der Waals surface area contributed by atoms with E-state index in [1.165, 1.54) is 0 Å². The van der Waals surface area contributed by atoms with E-state index in [1.807, 2.05) is 0 Å². The fourth-order valence-electron chi connectivity index (χ4n) is 0.669. The van der Waals surface area contributed by atoms with E-state index >= 15 is 0 Å². The van der Waals surface area contributed by atoms with Crippen LogP contribution in [-0.4, -0.2) is 10.1 Å². The summed E-state index contributed by atoms with van der Waals surface area (Å²) >= 11 is 2.94. The molecule has 0 aliphatic carbocycles. The van der Waals surface area contributed by atoms with E-state index in [9.17, 15) is 8.78 Å². The molecule has 0 aliphatic heterocycles. The summed E-state index contributed by atoms with van der Waals surface area (Å²) in [6.07, 6.45) is -2.82. The SMILES string of the molecule is Nc1nc(C(F)F)c(O)cc1Br. The van der Waals surface area contributed by atoms with Gasteiger partial charge in [0.2, 0.25) is 0 Å². The second-order valence-electron chi connectivity index (χ2n) is 2.06. The Hall–Kier alpha value is -0.910. The average molecular weight is 239 g/mol. The van der Waals surface area contributed by atoms with Crippen molar-refractivity contribution < 1.29 is 13.9 Å². The number of alkyl halides is 2. The van der Waals surface area contributed by atoms with Crippen molar-refractivity contribution in [1.82, 2.24) is 4.98 Å². The van der Waals surface area contributed by atoms with E-state index < -0.39 is 17.9 Å². The highest BCUT2D eigenvalue weighted by atomic mass is 79.9. The Morgan fingerprint density at radius 3 is 2.67 bits per heavy atom. The number of anilines is 1. The van der Waals surface area contributed by atoms with Crippen molar-refractivity contribution in [1.29, 1.82) is 0 Å². The molecule has 3 nitrogen and oxygen atoms in total. The van der Waals surface area contributed by atoms with Gasteiger partial charge in [0.1, 0.15) is 11.6 Å². The fraction of sp³-hybridized carbons (Fsp3) is 0.167. The molecule has 6 heteroatoms. The molecule has 12 heavy (non-hydrogen) atoms. The quantitative estimate of drug-likeness (QED) is 0.788. The predicted molar refractivity (Wildman–Crippen MR) is 43.0 cm³/mol. The van der Waals surface area contributed by atoms with Crippen molar-refractivity contribution in [3.05, 3.63) is 16.2 Å². The number of nitrogen functional groups attached to an aromatic ring is 1. The molecule has 0 fully saturated rings. The van der Waals surface area contributed by atoms with E-state index in [0.717, 1.165) is 6.07 Å². The van der Waals surface area contributed by atoms with Crippen molar-refractivity contribution in [2.75, 3.05) is 5.73 Å². The van der Waals surface area contributed by atoms with Crippen LogP contribution in [0.1, 0.15) is 12.1 Å². The molecule has 0 saturated carbocycles. The van der Waals surface area contributed by atoms with Gasteiger partial charge < -0.3 is 10.8 Å². The number of aromatic hydroxyl groups is 1. The minimum Gasteiger partial charge on any atom is -0.506 e. The maximum absolute atomic E-state index is 12.0. The van der Waals surface area contributed by atoms with E-state index in [1.54, 1.807) is 0 Å². The summed E-state index contributed by atoms with van der Waals surface area (Å²) in [7, 11) is 0. The zero-order valence-corrected chi connectivity index (χ0v) is 7.35. The van der Waals surface area contributed by atoms with E-state index in [0.29, 0.717) is 4.47 Å². The van der Waals surface area contributed by atoms with Crippen LogP contribution in [0.25, 0.3) is 0 Å². The molecule has 1 aromatic rings. The van der Waals surface area contributed by atoms with Gasteiger partial charge in [-0.15, -0.1) is 0 Å². The van der Waals surface area contributed by atoms with E-state index in [-0.39, 0.29) is 5.82 Å². The number of nitrogens with two attached hydrogens (primary N) is 1. The van der Waals surface area contributed by atoms with Crippen LogP contribution in [0.15, 0.2) is 10.5 Å². The zero-order chi connectivity index (χ0) is 9.30. The van der Waals surface area contributed by atoms with Gasteiger partial charge in [-0.05, 0) is 22.0 Å². The van der Waals surface area contributed by atoms with Gasteiger partial charge in [-0.2, -0.15) is 0 Å². The number of nitrogens with zero attached hydrogens (tertiary/aromatic N) is 1. The third-order valence-corrected chi connectivity index (χ3v) is 1.85. The first-order valence-corrected chi connectivity index (χ1v) is 3.74. The molecule has 1 aromatic heterocycles. The van der Waals surface area contributed by atoms with Gasteiger partial charge in [0.25, 0.3) is 6.43 Å². The summed E-state index contributed by atoms with van der Waals surface area (Å²) < 4.78 is 24.4. The number of halogens is 3. The molecule has 0 spiro atoms. The van der Waals surface area contributed by atoms with Crippen molar-refractivity contribution >= 4 is 21.7 Å². The molecule has 1 rings (SSSR count). The average Bonchev–Trinajstić information content (AvgIpc) is 1.96. The van der Waals surface area contributed by atoms with E-state index in [2.05, 4.69) is 20.9 Å². The normalized spacial score (nSPS) is 10.7. The highest BCUT2D eigenvalue weighted by molar-refractivity contribution is 9.10. The lowest BCUT2D eigenvalue weighted by Gasteiger charge is -2.04. The monoisotopic (exact) mass is 238 g/mol. The summed E-state index contributed by atoms with van der Waals surface area (Å²) in [4.78, 5) is 3.30. The third kappa shape index (κ3) is 1.63. The Morgan fingerprint density at radius 2 is 2.17 bits per heavy atom. The summed E-state index contributed by atoms with van der Waals surface area (Å²) in [6.45, 7) is 0. The fourth-order valence-corrected chi connectivity index (χ4v) is 0.974. The molecule has 0 aliphatic rings. The number of hydrogen-bond acceptors (Lipinski definition) is 3. The first kappa shape index (κ1) is 9.18. The molecule has 3 N–H and O–H groups in total. The van der Waals surface area contributed by atoms with E-state index in [4.69, 9.17) is 10.8 Å².